The second kappa shape index (κ2) is 18.9. The molecule has 0 fully saturated rings. The molecule has 0 saturated carbocycles. The number of fused-ring (bicyclic) bond motifs is 7. The molecule has 0 unspecified atom stereocenters. The van der Waals surface area contributed by atoms with Crippen molar-refractivity contribution in [3.05, 3.63) is 294 Å². The van der Waals surface area contributed by atoms with E-state index in [1.807, 2.05) is 24.3 Å². The fourth-order valence-corrected chi connectivity index (χ4v) is 13.7. The molecule has 82 heavy (non-hydrogen) atoms. The van der Waals surface area contributed by atoms with Crippen LogP contribution in [0.5, 0.6) is 0 Å². The fourth-order valence-electron chi connectivity index (χ4n) is 13.7. The number of anilines is 6. The lowest BCUT2D eigenvalue weighted by Crippen LogP contribution is -2.18. The van der Waals surface area contributed by atoms with Crippen LogP contribution < -0.4 is 9.80 Å². The quantitative estimate of drug-likeness (QED) is 0.136. The van der Waals surface area contributed by atoms with Crippen LogP contribution in [0.1, 0.15) is 62.8 Å². The summed E-state index contributed by atoms with van der Waals surface area (Å²) in [5.74, 6) is -0.571. The second-order valence-corrected chi connectivity index (χ2v) is 23.2. The van der Waals surface area contributed by atoms with E-state index in [0.717, 1.165) is 103 Å². The highest BCUT2D eigenvalue weighted by atomic mass is 19.1. The molecule has 0 aliphatic heterocycles. The first kappa shape index (κ1) is 49.3. The lowest BCUT2D eigenvalue weighted by Gasteiger charge is -2.29. The average molecular weight is 1070 g/mol. The zero-order valence-electron chi connectivity index (χ0n) is 46.2. The molecule has 0 spiro atoms. The summed E-state index contributed by atoms with van der Waals surface area (Å²) >= 11 is 0. The van der Waals surface area contributed by atoms with Crippen LogP contribution in [-0.4, -0.2) is 9.13 Å². The van der Waals surface area contributed by atoms with Gasteiger partial charge in [-0.2, -0.15) is 0 Å². The van der Waals surface area contributed by atoms with Crippen LogP contribution in [0.3, 0.4) is 0 Å². The van der Waals surface area contributed by atoms with E-state index in [4.69, 9.17) is 0 Å². The summed E-state index contributed by atoms with van der Waals surface area (Å²) in [6.45, 7) is 9.39. The van der Waals surface area contributed by atoms with Crippen molar-refractivity contribution in [3.63, 3.8) is 0 Å². The SMILES string of the molecule is CC1(C)C2=C(C=CCC2)c2ccc(N(c3ccccc3)c3ccc(-n4c(-c5ccc(F)cc5)cc5cc6c(cc(-c7ccc(F)cc7)n6-c6ccc(N(c7ccccc7)c7ccc8c(c7)C(C)(C)c7ccccc7-8)cc6)cc54)cc3)cc21. The molecule has 6 heteroatoms. The summed E-state index contributed by atoms with van der Waals surface area (Å²) in [4.78, 5) is 4.69. The summed E-state index contributed by atoms with van der Waals surface area (Å²) in [6.07, 6.45) is 6.80. The maximum Gasteiger partial charge on any atom is 0.123 e. The predicted molar refractivity (Wildman–Crippen MR) is 336 cm³/mol. The van der Waals surface area contributed by atoms with Crippen molar-refractivity contribution in [3.8, 4) is 45.0 Å². The molecule has 0 radical (unpaired) electrons. The summed E-state index contributed by atoms with van der Waals surface area (Å²) in [7, 11) is 0. The van der Waals surface area contributed by atoms with E-state index in [2.05, 4.69) is 253 Å². The van der Waals surface area contributed by atoms with E-state index in [-0.39, 0.29) is 22.5 Å². The zero-order chi connectivity index (χ0) is 55.4. The summed E-state index contributed by atoms with van der Waals surface area (Å²) in [5.41, 5.74) is 24.6. The normalized spacial score (nSPS) is 14.5. The van der Waals surface area contributed by atoms with Gasteiger partial charge in [0.25, 0.3) is 0 Å². The van der Waals surface area contributed by atoms with Crippen molar-refractivity contribution in [2.45, 2.75) is 51.4 Å². The topological polar surface area (TPSA) is 16.3 Å². The Morgan fingerprint density at radius 3 is 1.32 bits per heavy atom. The van der Waals surface area contributed by atoms with E-state index in [0.29, 0.717) is 0 Å². The van der Waals surface area contributed by atoms with Crippen molar-refractivity contribution >= 4 is 61.5 Å². The van der Waals surface area contributed by atoms with Crippen molar-refractivity contribution < 1.29 is 8.78 Å². The number of halogens is 2. The Labute approximate surface area is 477 Å². The number of nitrogens with zero attached hydrogens (tertiary/aromatic N) is 4. The minimum absolute atomic E-state index is 0.0686. The van der Waals surface area contributed by atoms with Gasteiger partial charge in [0.15, 0.2) is 0 Å². The first-order chi connectivity index (χ1) is 40.0. The number of hydrogen-bond acceptors (Lipinski definition) is 2. The van der Waals surface area contributed by atoms with Gasteiger partial charge in [0.2, 0.25) is 0 Å². The molecule has 2 aromatic heterocycles. The van der Waals surface area contributed by atoms with Gasteiger partial charge in [0.05, 0.1) is 22.4 Å². The van der Waals surface area contributed by atoms with Crippen molar-refractivity contribution in [1.29, 1.82) is 0 Å². The number of rotatable bonds is 10. The Balaban J connectivity index is 0.853. The third-order valence-corrected chi connectivity index (χ3v) is 17.7. The Kier molecular flexibility index (Phi) is 11.4. The van der Waals surface area contributed by atoms with Crippen LogP contribution in [0.4, 0.5) is 42.9 Å². The van der Waals surface area contributed by atoms with Crippen LogP contribution in [0.15, 0.2) is 260 Å². The van der Waals surface area contributed by atoms with Crippen molar-refractivity contribution in [2.24, 2.45) is 0 Å². The van der Waals surface area contributed by atoms with E-state index in [1.54, 1.807) is 0 Å². The molecular weight excluding hydrogens is 1010 g/mol. The number of benzene rings is 10. The first-order valence-electron chi connectivity index (χ1n) is 28.4. The Morgan fingerprint density at radius 2 is 0.805 bits per heavy atom. The molecule has 3 aliphatic rings. The van der Waals surface area contributed by atoms with E-state index < -0.39 is 0 Å². The zero-order valence-corrected chi connectivity index (χ0v) is 46.2. The van der Waals surface area contributed by atoms with Gasteiger partial charge in [-0.15, -0.1) is 0 Å². The number of aromatic nitrogens is 2. The van der Waals surface area contributed by atoms with Crippen LogP contribution >= 0.6 is 0 Å². The molecule has 396 valence electrons. The number of allylic oxidation sites excluding steroid dienone is 4. The predicted octanol–water partition coefficient (Wildman–Crippen LogP) is 20.8. The van der Waals surface area contributed by atoms with Crippen molar-refractivity contribution in [1.82, 2.24) is 9.13 Å². The third-order valence-electron chi connectivity index (χ3n) is 17.7. The highest BCUT2D eigenvalue weighted by Crippen LogP contribution is 2.53. The van der Waals surface area contributed by atoms with Gasteiger partial charge in [-0.3, -0.25) is 0 Å². The lowest BCUT2D eigenvalue weighted by molar-refractivity contribution is 0.607. The summed E-state index contributed by atoms with van der Waals surface area (Å²) in [5, 5.41) is 2.04. The van der Waals surface area contributed by atoms with Gasteiger partial charge in [0.1, 0.15) is 11.6 Å². The molecule has 0 N–H and O–H groups in total. The third kappa shape index (κ3) is 7.91. The molecule has 0 saturated heterocycles. The van der Waals surface area contributed by atoms with E-state index in [1.165, 1.54) is 68.8 Å². The largest absolute Gasteiger partial charge is 0.310 e. The molecule has 3 aliphatic carbocycles. The van der Waals surface area contributed by atoms with Gasteiger partial charge in [-0.05, 0) is 233 Å². The smallest absolute Gasteiger partial charge is 0.123 e. The first-order valence-corrected chi connectivity index (χ1v) is 28.4. The highest BCUT2D eigenvalue weighted by molar-refractivity contribution is 6.02. The Bertz CT molecular complexity index is 4540. The maximum absolute atomic E-state index is 14.7. The van der Waals surface area contributed by atoms with Crippen LogP contribution in [0.2, 0.25) is 0 Å². The second-order valence-electron chi connectivity index (χ2n) is 23.2. The average Bonchev–Trinajstić information content (AvgIpc) is 4.41. The molecule has 0 amide bonds. The minimum atomic E-state index is -0.286. The molecular formula is C76H58F2N4. The van der Waals surface area contributed by atoms with Gasteiger partial charge in [-0.25, -0.2) is 8.78 Å². The van der Waals surface area contributed by atoms with Crippen molar-refractivity contribution in [2.75, 3.05) is 9.80 Å². The van der Waals surface area contributed by atoms with Crippen LogP contribution in [-0.2, 0) is 10.8 Å². The molecule has 15 rings (SSSR count). The van der Waals surface area contributed by atoms with Gasteiger partial charge in [-0.1, -0.05) is 118 Å². The highest BCUT2D eigenvalue weighted by Gasteiger charge is 2.38. The molecule has 10 aromatic carbocycles. The Morgan fingerprint density at radius 1 is 0.378 bits per heavy atom. The molecule has 0 bridgehead atoms. The lowest BCUT2D eigenvalue weighted by atomic mass is 9.78. The van der Waals surface area contributed by atoms with E-state index >= 15 is 0 Å². The molecule has 2 heterocycles. The molecule has 0 atom stereocenters. The van der Waals surface area contributed by atoms with Crippen LogP contribution in [0.25, 0.3) is 72.4 Å². The molecule has 12 aromatic rings. The van der Waals surface area contributed by atoms with Crippen LogP contribution in [0, 0.1) is 11.6 Å². The van der Waals surface area contributed by atoms with E-state index in [9.17, 15) is 8.78 Å². The number of para-hydroxylation sites is 2. The standard InChI is InChI=1S/C76H58F2N4/c1-75(2)67-21-13-11-19-63(67)65-41-39-61(47-69(65)75)79(55-15-7-5-8-16-55)57-31-35-59(36-32-57)81-71(49-23-27-53(77)28-24-49)43-51-46-74-52(45-73(51)81)44-72(50-25-29-54(78)30-26-50)82(74)60-37-33-58(34-38-60)80(56-17-9-6-10-18-56)62-40-42-66-64-20-12-14-22-68(64)76(3,4)70(66)48-62/h5-13,15-21,23-48H,14,22H2,1-4H3. The maximum atomic E-state index is 14.7. The molecule has 4 nitrogen and oxygen atoms in total. The fraction of sp³-hybridized carbons (Fsp3) is 0.105. The van der Waals surface area contributed by atoms with Gasteiger partial charge >= 0.3 is 0 Å². The summed E-state index contributed by atoms with van der Waals surface area (Å²) in [6, 6.07) is 83.9. The number of hydrogen-bond donors (Lipinski definition) is 0. The minimum Gasteiger partial charge on any atom is -0.310 e. The summed E-state index contributed by atoms with van der Waals surface area (Å²) < 4.78 is 34.0. The van der Waals surface area contributed by atoms with Gasteiger partial charge in [0, 0.05) is 67.1 Å². The monoisotopic (exact) mass is 1060 g/mol. The Hall–Kier alpha value is -9.78. The van der Waals surface area contributed by atoms with Gasteiger partial charge < -0.3 is 18.9 Å².